The Balaban J connectivity index is 1.51. The van der Waals surface area contributed by atoms with Crippen LogP contribution in [-0.4, -0.2) is 63.0 Å². The average Bonchev–Trinajstić information content (AvgIpc) is 3.03. The molecule has 26 heavy (non-hydrogen) atoms. The molecule has 0 radical (unpaired) electrons. The Labute approximate surface area is 151 Å². The number of carbonyl (C=O) groups is 1. The molecule has 0 aromatic carbocycles. The standard InChI is InChI=1S/C19H24N4O3/c24-11-10-22-7-3-5-19(18(22)26)6-9-21(14-19)13-15-12-17(25)23-8-2-1-4-16(23)20-15/h1-2,4,8,12,24H,3,5-7,9-11,13-14H2. The third-order valence-electron chi connectivity index (χ3n) is 5.64. The molecule has 2 aliphatic heterocycles. The predicted octanol–water partition coefficient (Wildman–Crippen LogP) is 0.501. The Morgan fingerprint density at radius 1 is 1.19 bits per heavy atom. The van der Waals surface area contributed by atoms with E-state index in [1.807, 2.05) is 18.2 Å². The second kappa shape index (κ2) is 6.81. The van der Waals surface area contributed by atoms with E-state index in [9.17, 15) is 14.7 Å². The highest BCUT2D eigenvalue weighted by atomic mass is 16.3. The zero-order valence-electron chi connectivity index (χ0n) is 14.8. The predicted molar refractivity (Wildman–Crippen MR) is 96.7 cm³/mol. The molecule has 2 fully saturated rings. The van der Waals surface area contributed by atoms with Gasteiger partial charge in [-0.1, -0.05) is 6.07 Å². The quantitative estimate of drug-likeness (QED) is 0.863. The van der Waals surface area contributed by atoms with Crippen LogP contribution in [0.1, 0.15) is 25.0 Å². The lowest BCUT2D eigenvalue weighted by Crippen LogP contribution is -2.50. The highest BCUT2D eigenvalue weighted by Gasteiger charge is 2.48. The normalized spacial score (nSPS) is 24.0. The van der Waals surface area contributed by atoms with Crippen LogP contribution in [-0.2, 0) is 11.3 Å². The first-order chi connectivity index (χ1) is 12.6. The fraction of sp³-hybridized carbons (Fsp3) is 0.526. The number of amides is 1. The van der Waals surface area contributed by atoms with Crippen molar-refractivity contribution in [3.05, 3.63) is 46.5 Å². The summed E-state index contributed by atoms with van der Waals surface area (Å²) in [5.41, 5.74) is 0.974. The lowest BCUT2D eigenvalue weighted by atomic mass is 9.78. The molecule has 0 aliphatic carbocycles. The first-order valence-electron chi connectivity index (χ1n) is 9.21. The van der Waals surface area contributed by atoms with Crippen LogP contribution in [0.4, 0.5) is 0 Å². The molecule has 7 nitrogen and oxygen atoms in total. The summed E-state index contributed by atoms with van der Waals surface area (Å²) in [6.07, 6.45) is 4.43. The van der Waals surface area contributed by atoms with Crippen molar-refractivity contribution in [2.75, 3.05) is 32.8 Å². The second-order valence-electron chi connectivity index (χ2n) is 7.37. The van der Waals surface area contributed by atoms with E-state index < -0.39 is 0 Å². The highest BCUT2D eigenvalue weighted by molar-refractivity contribution is 5.84. The molecule has 2 aromatic heterocycles. The van der Waals surface area contributed by atoms with E-state index in [1.165, 1.54) is 4.40 Å². The van der Waals surface area contributed by atoms with Crippen LogP contribution in [0.3, 0.4) is 0 Å². The van der Waals surface area contributed by atoms with E-state index in [-0.39, 0.29) is 23.5 Å². The van der Waals surface area contributed by atoms with Crippen LogP contribution in [0.25, 0.3) is 5.65 Å². The third kappa shape index (κ3) is 3.01. The number of piperidine rings is 1. The van der Waals surface area contributed by atoms with Crippen molar-refractivity contribution in [2.24, 2.45) is 5.41 Å². The number of carbonyl (C=O) groups excluding carboxylic acids is 1. The Morgan fingerprint density at radius 3 is 2.92 bits per heavy atom. The highest BCUT2D eigenvalue weighted by Crippen LogP contribution is 2.40. The smallest absolute Gasteiger partial charge is 0.258 e. The Morgan fingerprint density at radius 2 is 2.08 bits per heavy atom. The number of rotatable bonds is 4. The van der Waals surface area contributed by atoms with E-state index in [4.69, 9.17) is 0 Å². The molecule has 138 valence electrons. The molecule has 1 unspecified atom stereocenters. The van der Waals surface area contributed by atoms with Gasteiger partial charge in [-0.05, 0) is 37.9 Å². The number of β-amino-alcohol motifs (C(OH)–C–C–N with tert-alkyl or cyclic N) is 1. The van der Waals surface area contributed by atoms with Crippen molar-refractivity contribution >= 4 is 11.6 Å². The van der Waals surface area contributed by atoms with Crippen molar-refractivity contribution < 1.29 is 9.90 Å². The summed E-state index contributed by atoms with van der Waals surface area (Å²) in [6, 6.07) is 7.09. The van der Waals surface area contributed by atoms with E-state index in [0.717, 1.165) is 38.0 Å². The number of aliphatic hydroxyl groups excluding tert-OH is 1. The van der Waals surface area contributed by atoms with Crippen molar-refractivity contribution in [2.45, 2.75) is 25.8 Å². The topological polar surface area (TPSA) is 78.2 Å². The molecule has 1 amide bonds. The molecule has 0 bridgehead atoms. The van der Waals surface area contributed by atoms with Crippen LogP contribution in [0, 0.1) is 5.41 Å². The van der Waals surface area contributed by atoms with Crippen LogP contribution >= 0.6 is 0 Å². The monoisotopic (exact) mass is 356 g/mol. The summed E-state index contributed by atoms with van der Waals surface area (Å²) >= 11 is 0. The Hall–Kier alpha value is -2.25. The second-order valence-corrected chi connectivity index (χ2v) is 7.37. The average molecular weight is 356 g/mol. The van der Waals surface area contributed by atoms with E-state index in [1.54, 1.807) is 17.2 Å². The Bertz CT molecular complexity index is 878. The summed E-state index contributed by atoms with van der Waals surface area (Å²) in [5.74, 6) is 0.173. The minimum absolute atomic E-state index is 0.0104. The van der Waals surface area contributed by atoms with Gasteiger partial charge in [-0.15, -0.1) is 0 Å². The first-order valence-corrected chi connectivity index (χ1v) is 9.21. The first kappa shape index (κ1) is 17.2. The van der Waals surface area contributed by atoms with Crippen molar-refractivity contribution in [3.8, 4) is 0 Å². The third-order valence-corrected chi connectivity index (χ3v) is 5.64. The van der Waals surface area contributed by atoms with Crippen LogP contribution in [0.15, 0.2) is 35.3 Å². The van der Waals surface area contributed by atoms with Crippen molar-refractivity contribution in [1.29, 1.82) is 0 Å². The summed E-state index contributed by atoms with van der Waals surface area (Å²) in [7, 11) is 0. The summed E-state index contributed by atoms with van der Waals surface area (Å²) in [5, 5.41) is 9.18. The zero-order chi connectivity index (χ0) is 18.1. The molecule has 1 spiro atoms. The number of aromatic nitrogens is 2. The molecule has 7 heteroatoms. The molecule has 2 aromatic rings. The maximum atomic E-state index is 12.9. The minimum atomic E-state index is -0.334. The summed E-state index contributed by atoms with van der Waals surface area (Å²) in [6.45, 7) is 3.28. The van der Waals surface area contributed by atoms with Crippen molar-refractivity contribution in [1.82, 2.24) is 19.2 Å². The van der Waals surface area contributed by atoms with Gasteiger partial charge in [-0.2, -0.15) is 0 Å². The van der Waals surface area contributed by atoms with Gasteiger partial charge in [-0.3, -0.25) is 18.9 Å². The van der Waals surface area contributed by atoms with E-state index in [0.29, 0.717) is 25.3 Å². The summed E-state index contributed by atoms with van der Waals surface area (Å²) in [4.78, 5) is 33.8. The molecule has 2 aliphatic rings. The van der Waals surface area contributed by atoms with Crippen molar-refractivity contribution in [3.63, 3.8) is 0 Å². The molecular weight excluding hydrogens is 332 g/mol. The number of aliphatic hydroxyl groups is 1. The zero-order valence-corrected chi connectivity index (χ0v) is 14.8. The SMILES string of the molecule is O=C1N(CCO)CCCC12CCN(Cc1cc(=O)n3ccccc3n1)C2. The molecule has 1 atom stereocenters. The Kier molecular flexibility index (Phi) is 4.50. The lowest BCUT2D eigenvalue weighted by Gasteiger charge is -2.39. The van der Waals surface area contributed by atoms with Gasteiger partial charge in [-0.25, -0.2) is 4.98 Å². The largest absolute Gasteiger partial charge is 0.395 e. The van der Waals surface area contributed by atoms with Gasteiger partial charge in [0.1, 0.15) is 5.65 Å². The fourth-order valence-corrected chi connectivity index (χ4v) is 4.37. The van der Waals surface area contributed by atoms with Gasteiger partial charge in [0.25, 0.3) is 5.56 Å². The minimum Gasteiger partial charge on any atom is -0.395 e. The number of fused-ring (bicyclic) bond motifs is 1. The number of pyridine rings is 1. The molecule has 2 saturated heterocycles. The van der Waals surface area contributed by atoms with Gasteiger partial charge in [0.05, 0.1) is 17.7 Å². The maximum absolute atomic E-state index is 12.9. The van der Waals surface area contributed by atoms with Crippen LogP contribution < -0.4 is 5.56 Å². The van der Waals surface area contributed by atoms with Gasteiger partial charge in [0.2, 0.25) is 5.91 Å². The maximum Gasteiger partial charge on any atom is 0.258 e. The van der Waals surface area contributed by atoms with E-state index in [2.05, 4.69) is 9.88 Å². The number of hydrogen-bond donors (Lipinski definition) is 1. The molecular formula is C19H24N4O3. The fourth-order valence-electron chi connectivity index (χ4n) is 4.37. The van der Waals surface area contributed by atoms with Crippen LogP contribution in [0.5, 0.6) is 0 Å². The molecule has 1 N–H and O–H groups in total. The van der Waals surface area contributed by atoms with Gasteiger partial charge < -0.3 is 10.0 Å². The molecule has 4 rings (SSSR count). The number of hydrogen-bond acceptors (Lipinski definition) is 5. The lowest BCUT2D eigenvalue weighted by molar-refractivity contribution is -0.146. The molecule has 0 saturated carbocycles. The number of likely N-dealkylation sites (tertiary alicyclic amines) is 2. The van der Waals surface area contributed by atoms with Gasteiger partial charge >= 0.3 is 0 Å². The number of nitrogens with zero attached hydrogens (tertiary/aromatic N) is 4. The summed E-state index contributed by atoms with van der Waals surface area (Å²) < 4.78 is 1.53. The van der Waals surface area contributed by atoms with Gasteiger partial charge in [0.15, 0.2) is 0 Å². The molecule has 4 heterocycles. The van der Waals surface area contributed by atoms with E-state index >= 15 is 0 Å². The van der Waals surface area contributed by atoms with Gasteiger partial charge in [0, 0.05) is 38.4 Å². The van der Waals surface area contributed by atoms with Crippen LogP contribution in [0.2, 0.25) is 0 Å².